The highest BCUT2D eigenvalue weighted by molar-refractivity contribution is 9.10. The minimum atomic E-state index is -0.145. The third-order valence-corrected chi connectivity index (χ3v) is 4.22. The van der Waals surface area contributed by atoms with Gasteiger partial charge in [0.15, 0.2) is 0 Å². The fourth-order valence-electron chi connectivity index (χ4n) is 2.60. The van der Waals surface area contributed by atoms with Crippen molar-refractivity contribution in [3.05, 3.63) is 45.7 Å². The van der Waals surface area contributed by atoms with Crippen molar-refractivity contribution < 1.29 is 4.39 Å². The van der Waals surface area contributed by atoms with Crippen LogP contribution in [0.15, 0.2) is 34.3 Å². The molecule has 1 aliphatic rings. The van der Waals surface area contributed by atoms with Crippen LogP contribution in [0.4, 0.5) is 4.39 Å². The molecule has 1 aromatic rings. The van der Waals surface area contributed by atoms with Crippen molar-refractivity contribution in [2.75, 3.05) is 7.05 Å². The van der Waals surface area contributed by atoms with Gasteiger partial charge in [-0.25, -0.2) is 4.39 Å². The zero-order valence-corrected chi connectivity index (χ0v) is 12.3. The highest BCUT2D eigenvalue weighted by Crippen LogP contribution is 2.34. The molecule has 1 nitrogen and oxygen atoms in total. The molecule has 1 N–H and O–H groups in total. The molecule has 98 valence electrons. The average Bonchev–Trinajstić information content (AvgIpc) is 2.63. The van der Waals surface area contributed by atoms with Gasteiger partial charge in [-0.15, -0.1) is 0 Å². The molecule has 0 aliphatic heterocycles. The average molecular weight is 312 g/mol. The predicted molar refractivity (Wildman–Crippen MR) is 77.1 cm³/mol. The van der Waals surface area contributed by atoms with Gasteiger partial charge in [0, 0.05) is 10.0 Å². The van der Waals surface area contributed by atoms with E-state index in [4.69, 9.17) is 0 Å². The number of rotatable bonds is 3. The van der Waals surface area contributed by atoms with Gasteiger partial charge in [-0.2, -0.15) is 0 Å². The third kappa shape index (κ3) is 3.01. The van der Waals surface area contributed by atoms with E-state index < -0.39 is 0 Å². The molecule has 0 amide bonds. The molecule has 18 heavy (non-hydrogen) atoms. The first-order valence-electron chi connectivity index (χ1n) is 6.54. The molecule has 0 radical (unpaired) electrons. The van der Waals surface area contributed by atoms with Crippen molar-refractivity contribution in [3.63, 3.8) is 0 Å². The number of allylic oxidation sites excluding steroid dienone is 1. The molecule has 1 atom stereocenters. The van der Waals surface area contributed by atoms with Crippen molar-refractivity contribution in [2.45, 2.75) is 38.1 Å². The Hall–Kier alpha value is -0.670. The standard InChI is InChI=1S/C15H19BrFN/c1-18-15(11-7-4-2-3-5-8-11)14-12(16)9-6-10-13(14)17/h6-7,9-10,15,18H,2-5,8H2,1H3. The maximum atomic E-state index is 14.0. The summed E-state index contributed by atoms with van der Waals surface area (Å²) in [5, 5.41) is 3.26. The fourth-order valence-corrected chi connectivity index (χ4v) is 3.17. The SMILES string of the molecule is CNC(C1=CCCCCC1)c1c(F)cccc1Br. The summed E-state index contributed by atoms with van der Waals surface area (Å²) >= 11 is 3.47. The zero-order chi connectivity index (χ0) is 13.0. The Morgan fingerprint density at radius 3 is 2.83 bits per heavy atom. The van der Waals surface area contributed by atoms with Crippen LogP contribution in [-0.2, 0) is 0 Å². The maximum absolute atomic E-state index is 14.0. The van der Waals surface area contributed by atoms with E-state index in [1.165, 1.54) is 30.9 Å². The van der Waals surface area contributed by atoms with Crippen molar-refractivity contribution in [3.8, 4) is 0 Å². The van der Waals surface area contributed by atoms with E-state index in [2.05, 4.69) is 27.3 Å². The van der Waals surface area contributed by atoms with Gasteiger partial charge in [-0.05, 0) is 44.9 Å². The molecule has 2 rings (SSSR count). The lowest BCUT2D eigenvalue weighted by atomic mass is 9.95. The molecular formula is C15H19BrFN. The fraction of sp³-hybridized carbons (Fsp3) is 0.467. The van der Waals surface area contributed by atoms with Crippen LogP contribution in [0.5, 0.6) is 0 Å². The van der Waals surface area contributed by atoms with Gasteiger partial charge in [0.1, 0.15) is 5.82 Å². The number of hydrogen-bond donors (Lipinski definition) is 1. The number of hydrogen-bond acceptors (Lipinski definition) is 1. The Kier molecular flexibility index (Phi) is 4.95. The molecule has 0 aromatic heterocycles. The van der Waals surface area contributed by atoms with E-state index in [9.17, 15) is 4.39 Å². The lowest BCUT2D eigenvalue weighted by Crippen LogP contribution is -2.20. The Labute approximate surface area is 117 Å². The number of halogens is 2. The topological polar surface area (TPSA) is 12.0 Å². The van der Waals surface area contributed by atoms with Crippen LogP contribution in [0, 0.1) is 5.82 Å². The molecule has 0 fully saturated rings. The molecule has 0 saturated heterocycles. The van der Waals surface area contributed by atoms with Gasteiger partial charge in [0.2, 0.25) is 0 Å². The summed E-state index contributed by atoms with van der Waals surface area (Å²) < 4.78 is 14.9. The summed E-state index contributed by atoms with van der Waals surface area (Å²) in [7, 11) is 1.90. The van der Waals surface area contributed by atoms with Crippen LogP contribution in [0.1, 0.15) is 43.7 Å². The van der Waals surface area contributed by atoms with Crippen molar-refractivity contribution in [1.82, 2.24) is 5.32 Å². The lowest BCUT2D eigenvalue weighted by Gasteiger charge is -2.22. The first-order chi connectivity index (χ1) is 8.74. The molecule has 0 spiro atoms. The van der Waals surface area contributed by atoms with Crippen molar-refractivity contribution >= 4 is 15.9 Å². The predicted octanol–water partition coefficient (Wildman–Crippen LogP) is 4.74. The third-order valence-electron chi connectivity index (χ3n) is 3.52. The Morgan fingerprint density at radius 1 is 1.28 bits per heavy atom. The minimum Gasteiger partial charge on any atom is -0.309 e. The molecular weight excluding hydrogens is 293 g/mol. The largest absolute Gasteiger partial charge is 0.309 e. The molecule has 3 heteroatoms. The van der Waals surface area contributed by atoms with E-state index in [1.807, 2.05) is 13.1 Å². The molecule has 0 heterocycles. The highest BCUT2D eigenvalue weighted by Gasteiger charge is 2.21. The Balaban J connectivity index is 2.35. The van der Waals surface area contributed by atoms with Gasteiger partial charge in [0.25, 0.3) is 0 Å². The first kappa shape index (κ1) is 13.8. The van der Waals surface area contributed by atoms with Crippen LogP contribution < -0.4 is 5.32 Å². The van der Waals surface area contributed by atoms with Gasteiger partial charge in [-0.1, -0.05) is 40.1 Å². The zero-order valence-electron chi connectivity index (χ0n) is 10.7. The minimum absolute atomic E-state index is 0.0151. The van der Waals surface area contributed by atoms with Gasteiger partial charge >= 0.3 is 0 Å². The second-order valence-electron chi connectivity index (χ2n) is 4.74. The summed E-state index contributed by atoms with van der Waals surface area (Å²) in [6, 6.07) is 5.15. The summed E-state index contributed by atoms with van der Waals surface area (Å²) in [5.41, 5.74) is 2.05. The van der Waals surface area contributed by atoms with Crippen molar-refractivity contribution in [2.24, 2.45) is 0 Å². The highest BCUT2D eigenvalue weighted by atomic mass is 79.9. The summed E-state index contributed by atoms with van der Waals surface area (Å²) in [4.78, 5) is 0. The van der Waals surface area contributed by atoms with Crippen LogP contribution in [0.25, 0.3) is 0 Å². The van der Waals surface area contributed by atoms with E-state index in [0.29, 0.717) is 0 Å². The second-order valence-corrected chi connectivity index (χ2v) is 5.59. The van der Waals surface area contributed by atoms with Crippen molar-refractivity contribution in [1.29, 1.82) is 0 Å². The molecule has 1 aromatic carbocycles. The molecule has 0 bridgehead atoms. The Bertz CT molecular complexity index is 422. The maximum Gasteiger partial charge on any atom is 0.129 e. The first-order valence-corrected chi connectivity index (χ1v) is 7.33. The summed E-state index contributed by atoms with van der Waals surface area (Å²) in [5.74, 6) is -0.145. The van der Waals surface area contributed by atoms with Gasteiger partial charge < -0.3 is 5.32 Å². The van der Waals surface area contributed by atoms with E-state index in [1.54, 1.807) is 6.07 Å². The quantitative estimate of drug-likeness (QED) is 0.795. The van der Waals surface area contributed by atoms with Crippen LogP contribution >= 0.6 is 15.9 Å². The molecule has 0 saturated carbocycles. The van der Waals surface area contributed by atoms with Crippen LogP contribution in [0.3, 0.4) is 0 Å². The van der Waals surface area contributed by atoms with Crippen LogP contribution in [-0.4, -0.2) is 7.05 Å². The second kappa shape index (κ2) is 6.48. The van der Waals surface area contributed by atoms with Gasteiger partial charge in [-0.3, -0.25) is 0 Å². The monoisotopic (exact) mass is 311 g/mol. The summed E-state index contributed by atoms with van der Waals surface area (Å²) in [6.07, 6.45) is 8.18. The van der Waals surface area contributed by atoms with E-state index >= 15 is 0 Å². The van der Waals surface area contributed by atoms with Gasteiger partial charge in [0.05, 0.1) is 6.04 Å². The van der Waals surface area contributed by atoms with Crippen LogP contribution in [0.2, 0.25) is 0 Å². The normalized spacial score (nSPS) is 18.1. The molecule has 1 unspecified atom stereocenters. The summed E-state index contributed by atoms with van der Waals surface area (Å²) in [6.45, 7) is 0. The number of nitrogens with one attached hydrogen (secondary N) is 1. The molecule has 1 aliphatic carbocycles. The number of likely N-dealkylation sites (N-methyl/N-ethyl adjacent to an activating group) is 1. The number of benzene rings is 1. The van der Waals surface area contributed by atoms with E-state index in [-0.39, 0.29) is 11.9 Å². The van der Waals surface area contributed by atoms with E-state index in [0.717, 1.165) is 22.9 Å². The lowest BCUT2D eigenvalue weighted by molar-refractivity contribution is 0.558. The smallest absolute Gasteiger partial charge is 0.129 e. The Morgan fingerprint density at radius 2 is 2.11 bits per heavy atom.